The highest BCUT2D eigenvalue weighted by molar-refractivity contribution is 7.89. The van der Waals surface area contributed by atoms with Gasteiger partial charge in [-0.05, 0) is 49.9 Å². The molecule has 1 amide bonds. The van der Waals surface area contributed by atoms with Crippen molar-refractivity contribution in [3.8, 4) is 0 Å². The molecule has 0 spiro atoms. The van der Waals surface area contributed by atoms with Gasteiger partial charge in [0.05, 0.1) is 10.8 Å². The number of likely N-dealkylation sites (tertiary alicyclic amines) is 1. The molecule has 138 valence electrons. The smallest absolute Gasteiger partial charge is 0.243 e. The van der Waals surface area contributed by atoms with Gasteiger partial charge in [0.15, 0.2) is 0 Å². The van der Waals surface area contributed by atoms with Crippen LogP contribution >= 0.6 is 11.6 Å². The monoisotopic (exact) mass is 384 g/mol. The van der Waals surface area contributed by atoms with Crippen LogP contribution in [-0.4, -0.2) is 49.7 Å². The van der Waals surface area contributed by atoms with E-state index in [0.29, 0.717) is 11.6 Å². The highest BCUT2D eigenvalue weighted by Crippen LogP contribution is 2.26. The first-order valence-electron chi connectivity index (χ1n) is 9.03. The van der Waals surface area contributed by atoms with E-state index in [2.05, 4.69) is 0 Å². The predicted molar refractivity (Wildman–Crippen MR) is 98.0 cm³/mol. The van der Waals surface area contributed by atoms with Crippen molar-refractivity contribution in [3.63, 3.8) is 0 Å². The summed E-state index contributed by atoms with van der Waals surface area (Å²) in [5.41, 5.74) is 0. The minimum absolute atomic E-state index is 0.123. The maximum absolute atomic E-state index is 12.9. The Labute approximate surface area is 155 Å². The van der Waals surface area contributed by atoms with Gasteiger partial charge in [0.1, 0.15) is 0 Å². The van der Waals surface area contributed by atoms with Crippen LogP contribution in [0.1, 0.15) is 38.5 Å². The Balaban J connectivity index is 1.71. The molecule has 2 heterocycles. The van der Waals surface area contributed by atoms with Crippen molar-refractivity contribution in [2.24, 2.45) is 5.92 Å². The Hall–Kier alpha value is -1.11. The zero-order valence-corrected chi connectivity index (χ0v) is 15.9. The lowest BCUT2D eigenvalue weighted by Gasteiger charge is -2.34. The lowest BCUT2D eigenvalue weighted by molar-refractivity contribution is -0.136. The Morgan fingerprint density at radius 3 is 2.24 bits per heavy atom. The van der Waals surface area contributed by atoms with Gasteiger partial charge >= 0.3 is 0 Å². The molecule has 2 saturated heterocycles. The van der Waals surface area contributed by atoms with Crippen LogP contribution in [0, 0.1) is 5.92 Å². The van der Waals surface area contributed by atoms with E-state index < -0.39 is 10.0 Å². The van der Waals surface area contributed by atoms with Crippen LogP contribution in [0.15, 0.2) is 29.2 Å². The van der Waals surface area contributed by atoms with Gasteiger partial charge in [-0.3, -0.25) is 4.79 Å². The Kier molecular flexibility index (Phi) is 6.02. The maximum Gasteiger partial charge on any atom is 0.243 e. The minimum Gasteiger partial charge on any atom is -0.342 e. The molecule has 0 aliphatic carbocycles. The van der Waals surface area contributed by atoms with E-state index in [1.54, 1.807) is 12.1 Å². The van der Waals surface area contributed by atoms with Crippen molar-refractivity contribution in [2.45, 2.75) is 43.4 Å². The summed E-state index contributed by atoms with van der Waals surface area (Å²) in [6.07, 6.45) is 5.92. The van der Waals surface area contributed by atoms with Crippen molar-refractivity contribution >= 4 is 27.5 Å². The molecule has 2 fully saturated rings. The van der Waals surface area contributed by atoms with Crippen LogP contribution in [0.3, 0.4) is 0 Å². The van der Waals surface area contributed by atoms with E-state index in [9.17, 15) is 13.2 Å². The third kappa shape index (κ3) is 4.36. The Morgan fingerprint density at radius 1 is 0.960 bits per heavy atom. The average molecular weight is 385 g/mol. The number of hydrogen-bond donors (Lipinski definition) is 0. The summed E-state index contributed by atoms with van der Waals surface area (Å²) < 4.78 is 27.2. The normalized spacial score (nSPS) is 23.2. The van der Waals surface area contributed by atoms with Crippen molar-refractivity contribution < 1.29 is 13.2 Å². The van der Waals surface area contributed by atoms with Crippen LogP contribution in [0.25, 0.3) is 0 Å². The number of halogens is 1. The zero-order chi connectivity index (χ0) is 17.9. The molecule has 7 heteroatoms. The highest BCUT2D eigenvalue weighted by Gasteiger charge is 2.35. The molecule has 5 nitrogen and oxygen atoms in total. The number of hydrogen-bond acceptors (Lipinski definition) is 3. The van der Waals surface area contributed by atoms with Crippen molar-refractivity contribution in [1.29, 1.82) is 0 Å². The lowest BCUT2D eigenvalue weighted by Crippen LogP contribution is -2.46. The summed E-state index contributed by atoms with van der Waals surface area (Å²) in [7, 11) is -3.58. The molecular formula is C18H25ClN2O3S. The second-order valence-corrected chi connectivity index (χ2v) is 9.27. The van der Waals surface area contributed by atoms with Gasteiger partial charge < -0.3 is 4.90 Å². The quantitative estimate of drug-likeness (QED) is 0.804. The van der Waals surface area contributed by atoms with E-state index in [1.807, 2.05) is 4.90 Å². The topological polar surface area (TPSA) is 57.7 Å². The molecule has 0 radical (unpaired) electrons. The van der Waals surface area contributed by atoms with E-state index in [4.69, 9.17) is 11.6 Å². The largest absolute Gasteiger partial charge is 0.342 e. The molecular weight excluding hydrogens is 360 g/mol. The highest BCUT2D eigenvalue weighted by atomic mass is 35.5. The van der Waals surface area contributed by atoms with Gasteiger partial charge in [-0.15, -0.1) is 0 Å². The second kappa shape index (κ2) is 8.06. The van der Waals surface area contributed by atoms with E-state index in [1.165, 1.54) is 29.3 Å². The molecule has 0 saturated carbocycles. The number of carbonyl (C=O) groups is 1. The van der Waals surface area contributed by atoms with Crippen LogP contribution in [0.4, 0.5) is 0 Å². The number of rotatable bonds is 3. The first-order chi connectivity index (χ1) is 12.0. The Morgan fingerprint density at radius 2 is 1.60 bits per heavy atom. The van der Waals surface area contributed by atoms with Crippen molar-refractivity contribution in [2.75, 3.05) is 26.2 Å². The molecule has 3 rings (SSSR count). The molecule has 2 aliphatic heterocycles. The van der Waals surface area contributed by atoms with E-state index in [-0.39, 0.29) is 23.3 Å². The molecule has 1 aromatic rings. The van der Waals surface area contributed by atoms with Gasteiger partial charge in [0.2, 0.25) is 15.9 Å². The van der Waals surface area contributed by atoms with Gasteiger partial charge in [-0.25, -0.2) is 8.42 Å². The number of piperidine rings is 1. The van der Waals surface area contributed by atoms with Crippen molar-refractivity contribution in [3.05, 3.63) is 29.3 Å². The summed E-state index contributed by atoms with van der Waals surface area (Å²) in [6, 6.07) is 6.21. The Bertz CT molecular complexity index is 698. The van der Waals surface area contributed by atoms with Gasteiger partial charge in [0.25, 0.3) is 0 Å². The third-order valence-electron chi connectivity index (χ3n) is 5.10. The summed E-state index contributed by atoms with van der Waals surface area (Å²) in [6.45, 7) is 2.35. The molecule has 25 heavy (non-hydrogen) atoms. The number of sulfonamides is 1. The number of carbonyl (C=O) groups excluding carboxylic acids is 1. The number of benzene rings is 1. The van der Waals surface area contributed by atoms with Crippen molar-refractivity contribution in [1.82, 2.24) is 9.21 Å². The zero-order valence-electron chi connectivity index (χ0n) is 14.4. The maximum atomic E-state index is 12.9. The fourth-order valence-corrected chi connectivity index (χ4v) is 5.32. The molecule has 2 aliphatic rings. The summed E-state index contributed by atoms with van der Waals surface area (Å²) in [5, 5.41) is 0.506. The van der Waals surface area contributed by atoms with Gasteiger partial charge in [-0.2, -0.15) is 4.31 Å². The molecule has 1 unspecified atom stereocenters. The molecule has 0 bridgehead atoms. The third-order valence-corrected chi connectivity index (χ3v) is 7.23. The number of nitrogens with zero attached hydrogens (tertiary/aromatic N) is 2. The molecule has 0 N–H and O–H groups in total. The van der Waals surface area contributed by atoms with Crippen LogP contribution in [-0.2, 0) is 14.8 Å². The molecule has 1 aromatic carbocycles. The predicted octanol–water partition coefficient (Wildman–Crippen LogP) is 3.14. The van der Waals surface area contributed by atoms with Crippen LogP contribution in [0.2, 0.25) is 5.02 Å². The first kappa shape index (κ1) is 18.7. The second-order valence-electron chi connectivity index (χ2n) is 6.90. The lowest BCUT2D eigenvalue weighted by atomic mass is 9.98. The number of amides is 1. The van der Waals surface area contributed by atoms with E-state index >= 15 is 0 Å². The average Bonchev–Trinajstić information content (AvgIpc) is 2.91. The minimum atomic E-state index is -3.58. The first-order valence-corrected chi connectivity index (χ1v) is 10.8. The molecule has 1 atom stereocenters. The van der Waals surface area contributed by atoms with E-state index in [0.717, 1.165) is 38.8 Å². The summed E-state index contributed by atoms with van der Waals surface area (Å²) in [5.74, 6) is -0.105. The van der Waals surface area contributed by atoms with Gasteiger partial charge in [0, 0.05) is 31.2 Å². The standard InChI is InChI=1S/C18H25ClN2O3S/c19-16-7-9-17(10-8-16)25(23,24)21-13-5-6-15(14-21)18(22)20-11-3-1-2-4-12-20/h7-10,15H,1-6,11-14H2. The summed E-state index contributed by atoms with van der Waals surface area (Å²) in [4.78, 5) is 15.0. The van der Waals surface area contributed by atoms with Gasteiger partial charge in [-0.1, -0.05) is 24.4 Å². The van der Waals surface area contributed by atoms with Crippen LogP contribution in [0.5, 0.6) is 0 Å². The fraction of sp³-hybridized carbons (Fsp3) is 0.611. The SMILES string of the molecule is O=C(C1CCCN(S(=O)(=O)c2ccc(Cl)cc2)C1)N1CCCCCC1. The fourth-order valence-electron chi connectivity index (χ4n) is 3.67. The van der Waals surface area contributed by atoms with Crippen LogP contribution < -0.4 is 0 Å². The summed E-state index contributed by atoms with van der Waals surface area (Å²) >= 11 is 5.85. The molecule has 0 aromatic heterocycles.